The van der Waals surface area contributed by atoms with Crippen LogP contribution in [-0.2, 0) is 16.1 Å². The van der Waals surface area contributed by atoms with Crippen LogP contribution in [0.15, 0.2) is 18.2 Å². The lowest BCUT2D eigenvalue weighted by Crippen LogP contribution is -2.50. The fraction of sp³-hybridized carbons (Fsp3) is 0.579. The molecule has 2 unspecified atom stereocenters. The normalized spacial score (nSPS) is 23.0. The summed E-state index contributed by atoms with van der Waals surface area (Å²) in [5.41, 5.74) is -0.190. The third kappa shape index (κ3) is 5.25. The lowest BCUT2D eigenvalue weighted by Gasteiger charge is -2.35. The summed E-state index contributed by atoms with van der Waals surface area (Å²) >= 11 is 0. The number of ether oxygens (including phenoxy) is 2. The number of hydrogen-bond donors (Lipinski definition) is 1. The van der Waals surface area contributed by atoms with Gasteiger partial charge in [-0.05, 0) is 43.4 Å². The van der Waals surface area contributed by atoms with Crippen LogP contribution in [0.25, 0.3) is 0 Å². The molecule has 1 N–H and O–H groups in total. The molecule has 1 aromatic carbocycles. The van der Waals surface area contributed by atoms with Gasteiger partial charge in [0.2, 0.25) is 0 Å². The van der Waals surface area contributed by atoms with Crippen LogP contribution in [0.5, 0.6) is 0 Å². The first-order chi connectivity index (χ1) is 12.0. The number of halogens is 1. The third-order valence-electron chi connectivity index (χ3n) is 4.56. The molecule has 0 heterocycles. The molecule has 2 rings (SSSR count). The molecule has 0 aromatic heterocycles. The monoisotopic (exact) mass is 348 g/mol. The summed E-state index contributed by atoms with van der Waals surface area (Å²) in [4.78, 5) is 12.6. The molecule has 25 heavy (non-hydrogen) atoms. The number of amides is 1. The number of benzene rings is 1. The second-order valence-corrected chi connectivity index (χ2v) is 6.70. The molecule has 1 amide bonds. The van der Waals surface area contributed by atoms with Gasteiger partial charge < -0.3 is 14.8 Å². The molecule has 0 aliphatic heterocycles. The van der Waals surface area contributed by atoms with Crippen molar-refractivity contribution in [1.29, 1.82) is 5.26 Å². The Morgan fingerprint density at radius 2 is 2.28 bits per heavy atom. The molecule has 1 fully saturated rings. The van der Waals surface area contributed by atoms with Gasteiger partial charge in [0, 0.05) is 18.2 Å². The first-order valence-electron chi connectivity index (χ1n) is 8.58. The average molecular weight is 348 g/mol. The van der Waals surface area contributed by atoms with Crippen LogP contribution in [0.1, 0.15) is 48.5 Å². The Kier molecular flexibility index (Phi) is 6.91. The summed E-state index contributed by atoms with van der Waals surface area (Å²) in [6, 6.07) is 6.45. The Balaban J connectivity index is 2.07. The molecule has 0 radical (unpaired) electrons. The fourth-order valence-corrected chi connectivity index (χ4v) is 3.23. The highest BCUT2D eigenvalue weighted by atomic mass is 19.1. The maximum absolute atomic E-state index is 13.9. The highest BCUT2D eigenvalue weighted by Gasteiger charge is 2.36. The number of nitrogens with one attached hydrogen (secondary N) is 1. The van der Waals surface area contributed by atoms with Gasteiger partial charge in [-0.25, -0.2) is 4.39 Å². The smallest absolute Gasteiger partial charge is 0.252 e. The van der Waals surface area contributed by atoms with Crippen molar-refractivity contribution in [3.05, 3.63) is 35.1 Å². The molecular weight excluding hydrogens is 323 g/mol. The van der Waals surface area contributed by atoms with E-state index in [0.717, 1.165) is 12.8 Å². The molecule has 2 atom stereocenters. The van der Waals surface area contributed by atoms with Crippen LogP contribution in [0.3, 0.4) is 0 Å². The number of rotatable bonds is 7. The lowest BCUT2D eigenvalue weighted by atomic mass is 9.77. The minimum Gasteiger partial charge on any atom is -0.382 e. The predicted molar refractivity (Wildman–Crippen MR) is 91.4 cm³/mol. The summed E-state index contributed by atoms with van der Waals surface area (Å²) < 4.78 is 24.1. The van der Waals surface area contributed by atoms with Gasteiger partial charge >= 0.3 is 0 Å². The van der Waals surface area contributed by atoms with E-state index < -0.39 is 11.4 Å². The third-order valence-corrected chi connectivity index (χ3v) is 4.56. The minimum atomic E-state index is -0.835. The second-order valence-electron chi connectivity index (χ2n) is 6.70. The van der Waals surface area contributed by atoms with Crippen LogP contribution < -0.4 is 5.32 Å². The highest BCUT2D eigenvalue weighted by molar-refractivity contribution is 5.95. The summed E-state index contributed by atoms with van der Waals surface area (Å²) in [5.74, 6) is -0.379. The topological polar surface area (TPSA) is 71.3 Å². The number of carbonyl (C=O) groups is 1. The zero-order valence-electron chi connectivity index (χ0n) is 14.8. The van der Waals surface area contributed by atoms with Crippen molar-refractivity contribution < 1.29 is 18.7 Å². The molecule has 1 saturated carbocycles. The Morgan fingerprint density at radius 1 is 1.48 bits per heavy atom. The van der Waals surface area contributed by atoms with E-state index >= 15 is 0 Å². The molecule has 136 valence electrons. The Bertz CT molecular complexity index is 644. The molecule has 6 heteroatoms. The standard InChI is InChI=1S/C19H25FN2O3/c1-14-4-3-7-19(11-14,13-21)22-18(23)15-5-6-17(20)16(10-15)12-25-9-8-24-2/h5-6,10,14H,3-4,7-9,11-12H2,1-2H3,(H,22,23). The van der Waals surface area contributed by atoms with Crippen LogP contribution in [0, 0.1) is 23.1 Å². The molecule has 0 bridgehead atoms. The van der Waals surface area contributed by atoms with Gasteiger partial charge in [-0.2, -0.15) is 5.26 Å². The molecular formula is C19H25FN2O3. The number of nitrogens with zero attached hydrogens (tertiary/aromatic N) is 1. The Labute approximate surface area is 148 Å². The van der Waals surface area contributed by atoms with Gasteiger partial charge in [-0.15, -0.1) is 0 Å². The fourth-order valence-electron chi connectivity index (χ4n) is 3.23. The van der Waals surface area contributed by atoms with Crippen molar-refractivity contribution in [2.24, 2.45) is 5.92 Å². The zero-order chi connectivity index (χ0) is 18.3. The van der Waals surface area contributed by atoms with E-state index in [1.54, 1.807) is 7.11 Å². The van der Waals surface area contributed by atoms with Gasteiger partial charge in [0.05, 0.1) is 25.9 Å². The first kappa shape index (κ1) is 19.4. The maximum Gasteiger partial charge on any atom is 0.252 e. The molecule has 0 spiro atoms. The molecule has 5 nitrogen and oxygen atoms in total. The number of nitriles is 1. The largest absolute Gasteiger partial charge is 0.382 e. The van der Waals surface area contributed by atoms with Crippen molar-refractivity contribution in [1.82, 2.24) is 5.32 Å². The quantitative estimate of drug-likeness (QED) is 0.768. The van der Waals surface area contributed by atoms with E-state index in [1.807, 2.05) is 0 Å². The van der Waals surface area contributed by atoms with Gasteiger partial charge in [-0.3, -0.25) is 4.79 Å². The summed E-state index contributed by atoms with van der Waals surface area (Å²) in [6.07, 6.45) is 3.27. The molecule has 0 saturated heterocycles. The molecule has 1 aromatic rings. The molecule has 1 aliphatic carbocycles. The van der Waals surface area contributed by atoms with E-state index in [1.165, 1.54) is 18.2 Å². The summed E-state index contributed by atoms with van der Waals surface area (Å²) in [7, 11) is 1.56. The van der Waals surface area contributed by atoms with Gasteiger partial charge in [0.15, 0.2) is 0 Å². The van der Waals surface area contributed by atoms with Crippen LogP contribution in [-0.4, -0.2) is 31.8 Å². The van der Waals surface area contributed by atoms with E-state index in [2.05, 4.69) is 18.3 Å². The minimum absolute atomic E-state index is 0.0662. The van der Waals surface area contributed by atoms with Crippen LogP contribution in [0.2, 0.25) is 0 Å². The second kappa shape index (κ2) is 8.93. The highest BCUT2D eigenvalue weighted by Crippen LogP contribution is 2.32. The van der Waals surface area contributed by atoms with E-state index in [0.29, 0.717) is 43.1 Å². The average Bonchev–Trinajstić information content (AvgIpc) is 2.60. The van der Waals surface area contributed by atoms with Crippen LogP contribution >= 0.6 is 0 Å². The number of carbonyl (C=O) groups excluding carboxylic acids is 1. The van der Waals surface area contributed by atoms with Crippen LogP contribution in [0.4, 0.5) is 4.39 Å². The van der Waals surface area contributed by atoms with E-state index in [-0.39, 0.29) is 12.5 Å². The van der Waals surface area contributed by atoms with Gasteiger partial charge in [0.25, 0.3) is 5.91 Å². The summed E-state index contributed by atoms with van der Waals surface area (Å²) in [6.45, 7) is 2.92. The maximum atomic E-state index is 13.9. The SMILES string of the molecule is COCCOCc1cc(C(=O)NC2(C#N)CCCC(C)C2)ccc1F. The summed E-state index contributed by atoms with van der Waals surface area (Å²) in [5, 5.41) is 12.4. The first-order valence-corrected chi connectivity index (χ1v) is 8.58. The predicted octanol–water partition coefficient (Wildman–Crippen LogP) is 3.19. The zero-order valence-corrected chi connectivity index (χ0v) is 14.8. The van der Waals surface area contributed by atoms with E-state index in [9.17, 15) is 14.4 Å². The molecule has 1 aliphatic rings. The van der Waals surface area contributed by atoms with Crippen molar-refractivity contribution in [2.75, 3.05) is 20.3 Å². The van der Waals surface area contributed by atoms with Crippen molar-refractivity contribution >= 4 is 5.91 Å². The van der Waals surface area contributed by atoms with Crippen molar-refractivity contribution in [2.45, 2.75) is 44.8 Å². The van der Waals surface area contributed by atoms with Gasteiger partial charge in [-0.1, -0.05) is 13.3 Å². The van der Waals surface area contributed by atoms with E-state index in [4.69, 9.17) is 9.47 Å². The Hall–Kier alpha value is -1.97. The lowest BCUT2D eigenvalue weighted by molar-refractivity contribution is 0.0603. The number of hydrogen-bond acceptors (Lipinski definition) is 4. The van der Waals surface area contributed by atoms with Crippen molar-refractivity contribution in [3.63, 3.8) is 0 Å². The Morgan fingerprint density at radius 3 is 2.96 bits per heavy atom. The number of methoxy groups -OCH3 is 1. The van der Waals surface area contributed by atoms with Crippen molar-refractivity contribution in [3.8, 4) is 6.07 Å². The van der Waals surface area contributed by atoms with Gasteiger partial charge in [0.1, 0.15) is 11.4 Å².